The summed E-state index contributed by atoms with van der Waals surface area (Å²) in [5, 5.41) is 12.2. The maximum Gasteiger partial charge on any atom is 0.354 e. The average molecular weight is 319 g/mol. The summed E-state index contributed by atoms with van der Waals surface area (Å²) in [6.45, 7) is 2.48. The number of rotatable bonds is 6. The summed E-state index contributed by atoms with van der Waals surface area (Å²) in [6.07, 6.45) is 1.30. The number of aromatic nitrogens is 1. The Bertz CT molecular complexity index is 665. The molecule has 0 radical (unpaired) electrons. The van der Waals surface area contributed by atoms with Gasteiger partial charge in [0, 0.05) is 32.4 Å². The van der Waals surface area contributed by atoms with Crippen molar-refractivity contribution in [3.8, 4) is 0 Å². The summed E-state index contributed by atoms with van der Waals surface area (Å²) in [7, 11) is 3.11. The highest BCUT2D eigenvalue weighted by atomic mass is 16.4. The Labute approximate surface area is 134 Å². The molecule has 0 saturated heterocycles. The smallest absolute Gasteiger partial charge is 0.354 e. The molecular formula is C14H21N7O2. The minimum atomic E-state index is -1.14. The van der Waals surface area contributed by atoms with Crippen LogP contribution in [0.3, 0.4) is 0 Å². The lowest BCUT2D eigenvalue weighted by atomic mass is 10.0. The number of pyridine rings is 1. The van der Waals surface area contributed by atoms with Gasteiger partial charge in [-0.1, -0.05) is 0 Å². The quantitative estimate of drug-likeness (QED) is 0.214. The molecule has 0 atom stereocenters. The van der Waals surface area contributed by atoms with Crippen LogP contribution in [0, 0.1) is 0 Å². The molecule has 1 aromatic rings. The fraction of sp³-hybridized carbons (Fsp3) is 0.286. The van der Waals surface area contributed by atoms with E-state index in [-0.39, 0.29) is 5.69 Å². The van der Waals surface area contributed by atoms with Crippen molar-refractivity contribution in [3.05, 3.63) is 35.2 Å². The molecule has 0 amide bonds. The maximum atomic E-state index is 11.3. The summed E-state index contributed by atoms with van der Waals surface area (Å²) in [5.74, 6) is 5.05. The van der Waals surface area contributed by atoms with Gasteiger partial charge in [0.1, 0.15) is 11.7 Å². The molecule has 1 heterocycles. The second-order valence-corrected chi connectivity index (χ2v) is 4.33. The van der Waals surface area contributed by atoms with Crippen molar-refractivity contribution in [2.75, 3.05) is 26.0 Å². The van der Waals surface area contributed by atoms with E-state index in [1.54, 1.807) is 20.2 Å². The minimum Gasteiger partial charge on any atom is -0.477 e. The van der Waals surface area contributed by atoms with Crippen LogP contribution >= 0.6 is 0 Å². The van der Waals surface area contributed by atoms with Crippen molar-refractivity contribution in [1.82, 2.24) is 10.4 Å². The van der Waals surface area contributed by atoms with E-state index in [0.717, 1.165) is 0 Å². The minimum absolute atomic E-state index is 0.105. The molecule has 9 nitrogen and oxygen atoms in total. The van der Waals surface area contributed by atoms with Gasteiger partial charge in [0.25, 0.3) is 0 Å². The van der Waals surface area contributed by atoms with E-state index in [4.69, 9.17) is 11.6 Å². The Kier molecular flexibility index (Phi) is 6.68. The fourth-order valence-corrected chi connectivity index (χ4v) is 1.99. The molecule has 0 fully saturated rings. The van der Waals surface area contributed by atoms with Crippen LogP contribution in [0.15, 0.2) is 33.9 Å². The van der Waals surface area contributed by atoms with Gasteiger partial charge in [-0.15, -0.1) is 0 Å². The predicted molar refractivity (Wildman–Crippen MR) is 90.8 cm³/mol. The van der Waals surface area contributed by atoms with Crippen molar-refractivity contribution in [2.45, 2.75) is 6.92 Å². The standard InChI is InChI=1S/C14H21N7O2/c1-4-19-11-6-8(5-10(20-11)14(22)23)12(17-2)9(7-15)13(18-3)21-16/h5-7H,4,15-16H2,1-3H3,(H,18,21)(H,19,20)(H,22,23)/b9-7+,17-12?. The van der Waals surface area contributed by atoms with E-state index in [0.29, 0.717) is 35.0 Å². The summed E-state index contributed by atoms with van der Waals surface area (Å²) in [6, 6.07) is 3.10. The highest BCUT2D eigenvalue weighted by molar-refractivity contribution is 6.29. The number of nitrogens with one attached hydrogen (secondary N) is 2. The third kappa shape index (κ3) is 4.27. The van der Waals surface area contributed by atoms with E-state index in [1.165, 1.54) is 12.3 Å². The molecule has 23 heavy (non-hydrogen) atoms. The van der Waals surface area contributed by atoms with Crippen LogP contribution in [-0.4, -0.2) is 48.2 Å². The van der Waals surface area contributed by atoms with Gasteiger partial charge in [0.05, 0.1) is 11.3 Å². The number of hydrogen-bond acceptors (Lipinski definition) is 7. The second-order valence-electron chi connectivity index (χ2n) is 4.33. The summed E-state index contributed by atoms with van der Waals surface area (Å²) in [4.78, 5) is 23.5. The Balaban J connectivity index is 3.48. The Morgan fingerprint density at radius 3 is 2.52 bits per heavy atom. The number of carboxylic acid groups (broad SMARTS) is 1. The predicted octanol–water partition coefficient (Wildman–Crippen LogP) is -0.0353. The first-order valence-corrected chi connectivity index (χ1v) is 6.84. The zero-order chi connectivity index (χ0) is 17.4. The number of nitrogens with two attached hydrogens (primary N) is 2. The molecule has 0 aliphatic carbocycles. The van der Waals surface area contributed by atoms with Crippen LogP contribution < -0.4 is 22.3 Å². The van der Waals surface area contributed by atoms with Crippen molar-refractivity contribution < 1.29 is 9.90 Å². The first-order chi connectivity index (χ1) is 11.0. The molecule has 7 N–H and O–H groups in total. The van der Waals surface area contributed by atoms with Gasteiger partial charge < -0.3 is 21.6 Å². The van der Waals surface area contributed by atoms with Crippen LogP contribution in [0.25, 0.3) is 0 Å². The number of aromatic carboxylic acids is 1. The van der Waals surface area contributed by atoms with Crippen molar-refractivity contribution in [3.63, 3.8) is 0 Å². The number of carboxylic acids is 1. The van der Waals surface area contributed by atoms with E-state index in [9.17, 15) is 9.90 Å². The van der Waals surface area contributed by atoms with Gasteiger partial charge in [0.15, 0.2) is 5.69 Å². The molecule has 0 unspecified atom stereocenters. The van der Waals surface area contributed by atoms with Crippen molar-refractivity contribution in [2.24, 2.45) is 21.6 Å². The van der Waals surface area contributed by atoms with Crippen LogP contribution in [0.4, 0.5) is 5.82 Å². The molecule has 0 bridgehead atoms. The fourth-order valence-electron chi connectivity index (χ4n) is 1.99. The molecule has 0 aliphatic rings. The van der Waals surface area contributed by atoms with Gasteiger partial charge in [-0.05, 0) is 19.1 Å². The molecule has 0 aliphatic heterocycles. The van der Waals surface area contributed by atoms with Gasteiger partial charge in [0.2, 0.25) is 0 Å². The topological polar surface area (TPSA) is 151 Å². The molecule has 0 aromatic carbocycles. The molecule has 124 valence electrons. The Morgan fingerprint density at radius 2 is 2.09 bits per heavy atom. The number of aliphatic imine (C=N–C) groups is 2. The van der Waals surface area contributed by atoms with Crippen LogP contribution in [0.2, 0.25) is 0 Å². The monoisotopic (exact) mass is 319 g/mol. The van der Waals surface area contributed by atoms with Gasteiger partial charge in [-0.2, -0.15) is 0 Å². The maximum absolute atomic E-state index is 11.3. The Morgan fingerprint density at radius 1 is 1.39 bits per heavy atom. The number of nitrogens with zero attached hydrogens (tertiary/aromatic N) is 3. The number of hydrazine groups is 1. The van der Waals surface area contributed by atoms with E-state index >= 15 is 0 Å². The first-order valence-electron chi connectivity index (χ1n) is 6.84. The summed E-state index contributed by atoms with van der Waals surface area (Å²) < 4.78 is 0. The lowest BCUT2D eigenvalue weighted by Gasteiger charge is -2.14. The average Bonchev–Trinajstić information content (AvgIpc) is 2.55. The highest BCUT2D eigenvalue weighted by Gasteiger charge is 2.18. The number of anilines is 1. The zero-order valence-corrected chi connectivity index (χ0v) is 13.3. The van der Waals surface area contributed by atoms with E-state index in [1.807, 2.05) is 6.92 Å². The largest absolute Gasteiger partial charge is 0.477 e. The molecule has 1 rings (SSSR count). The first kappa shape index (κ1) is 18.1. The number of amidine groups is 1. The molecule has 0 spiro atoms. The normalized spacial score (nSPS) is 13.0. The zero-order valence-electron chi connectivity index (χ0n) is 13.3. The third-order valence-electron chi connectivity index (χ3n) is 2.94. The molecular weight excluding hydrogens is 298 g/mol. The highest BCUT2D eigenvalue weighted by Crippen LogP contribution is 2.16. The SMILES string of the molecule is CCNc1cc(C(=NC)/C(=C\N)C(=NC)NN)cc(C(=O)O)n1. The van der Waals surface area contributed by atoms with Crippen LogP contribution in [-0.2, 0) is 0 Å². The van der Waals surface area contributed by atoms with Gasteiger partial charge >= 0.3 is 5.97 Å². The van der Waals surface area contributed by atoms with E-state index in [2.05, 4.69) is 25.7 Å². The van der Waals surface area contributed by atoms with Crippen LogP contribution in [0.1, 0.15) is 23.0 Å². The van der Waals surface area contributed by atoms with Gasteiger partial charge in [-0.25, -0.2) is 15.6 Å². The summed E-state index contributed by atoms with van der Waals surface area (Å²) in [5.41, 5.74) is 9.42. The van der Waals surface area contributed by atoms with Crippen molar-refractivity contribution in [1.29, 1.82) is 0 Å². The third-order valence-corrected chi connectivity index (χ3v) is 2.94. The molecule has 0 saturated carbocycles. The molecule has 9 heteroatoms. The second kappa shape index (κ2) is 8.49. The molecule has 1 aromatic heterocycles. The van der Waals surface area contributed by atoms with E-state index < -0.39 is 5.97 Å². The van der Waals surface area contributed by atoms with Crippen molar-refractivity contribution >= 4 is 23.3 Å². The number of carbonyl (C=O) groups is 1. The van der Waals surface area contributed by atoms with Gasteiger partial charge in [-0.3, -0.25) is 9.98 Å². The lowest BCUT2D eigenvalue weighted by molar-refractivity contribution is 0.0690. The Hall–Kier alpha value is -2.94. The van der Waals surface area contributed by atoms with Crippen LogP contribution in [0.5, 0.6) is 0 Å². The summed E-state index contributed by atoms with van der Waals surface area (Å²) >= 11 is 0. The number of hydrogen-bond donors (Lipinski definition) is 5. The lowest BCUT2D eigenvalue weighted by Crippen LogP contribution is -2.35.